The largest absolute Gasteiger partial charge is 0.330 e. The summed E-state index contributed by atoms with van der Waals surface area (Å²) in [5, 5.41) is 0. The van der Waals surface area contributed by atoms with Crippen LogP contribution in [0.15, 0.2) is 18.5 Å². The van der Waals surface area contributed by atoms with Crippen molar-refractivity contribution in [2.45, 2.75) is 39.2 Å². The van der Waals surface area contributed by atoms with Crippen molar-refractivity contribution in [3.63, 3.8) is 0 Å². The van der Waals surface area contributed by atoms with E-state index >= 15 is 0 Å². The number of aromatic nitrogens is 3. The fourth-order valence-electron chi connectivity index (χ4n) is 2.25. The fourth-order valence-corrected chi connectivity index (χ4v) is 2.25. The number of hydrogen-bond donors (Lipinski definition) is 1. The summed E-state index contributed by atoms with van der Waals surface area (Å²) in [4.78, 5) is 8.83. The SMILES string of the molecule is CCC(CN)c1nc2cnccc2n1C(C)C. The highest BCUT2D eigenvalue weighted by atomic mass is 15.1. The van der Waals surface area contributed by atoms with E-state index < -0.39 is 0 Å². The highest BCUT2D eigenvalue weighted by Crippen LogP contribution is 2.26. The minimum absolute atomic E-state index is 0.324. The third kappa shape index (κ3) is 2.05. The topological polar surface area (TPSA) is 56.7 Å². The first-order chi connectivity index (χ1) is 8.19. The molecule has 0 aliphatic carbocycles. The van der Waals surface area contributed by atoms with Crippen LogP contribution in [0.5, 0.6) is 0 Å². The monoisotopic (exact) mass is 232 g/mol. The van der Waals surface area contributed by atoms with Gasteiger partial charge in [-0.1, -0.05) is 6.92 Å². The molecule has 2 aromatic heterocycles. The third-order valence-electron chi connectivity index (χ3n) is 3.18. The molecule has 2 aromatic rings. The molecule has 2 rings (SSSR count). The molecule has 0 aliphatic heterocycles. The molecular formula is C13H20N4. The Balaban J connectivity index is 2.65. The molecule has 0 amide bonds. The Morgan fingerprint density at radius 2 is 2.18 bits per heavy atom. The zero-order valence-electron chi connectivity index (χ0n) is 10.7. The normalized spacial score (nSPS) is 13.5. The van der Waals surface area contributed by atoms with E-state index in [-0.39, 0.29) is 0 Å². The zero-order chi connectivity index (χ0) is 12.4. The maximum absolute atomic E-state index is 5.84. The summed E-state index contributed by atoms with van der Waals surface area (Å²) in [7, 11) is 0. The van der Waals surface area contributed by atoms with Crippen molar-refractivity contribution >= 4 is 11.0 Å². The summed E-state index contributed by atoms with van der Waals surface area (Å²) in [5.41, 5.74) is 7.95. The standard InChI is InChI=1S/C13H20N4/c1-4-10(7-14)13-16-11-8-15-6-5-12(11)17(13)9(2)3/h5-6,8-10H,4,7,14H2,1-3H3. The molecule has 92 valence electrons. The Kier molecular flexibility index (Phi) is 3.43. The second-order valence-corrected chi connectivity index (χ2v) is 4.64. The van der Waals surface area contributed by atoms with Crippen LogP contribution in [0.1, 0.15) is 45.0 Å². The summed E-state index contributed by atoms with van der Waals surface area (Å²) in [6, 6.07) is 2.41. The van der Waals surface area contributed by atoms with E-state index in [4.69, 9.17) is 10.7 Å². The summed E-state index contributed by atoms with van der Waals surface area (Å²) >= 11 is 0. The van der Waals surface area contributed by atoms with Crippen LogP contribution in [-0.4, -0.2) is 21.1 Å². The van der Waals surface area contributed by atoms with Gasteiger partial charge in [0.2, 0.25) is 0 Å². The molecule has 0 bridgehead atoms. The quantitative estimate of drug-likeness (QED) is 0.881. The van der Waals surface area contributed by atoms with Gasteiger partial charge in [-0.3, -0.25) is 4.98 Å². The highest BCUT2D eigenvalue weighted by molar-refractivity contribution is 5.75. The van der Waals surface area contributed by atoms with Crippen LogP contribution in [0.2, 0.25) is 0 Å². The van der Waals surface area contributed by atoms with Crippen LogP contribution in [0.4, 0.5) is 0 Å². The average Bonchev–Trinajstić information content (AvgIpc) is 2.69. The average molecular weight is 232 g/mol. The number of rotatable bonds is 4. The molecule has 0 aromatic carbocycles. The molecule has 2 N–H and O–H groups in total. The van der Waals surface area contributed by atoms with E-state index in [1.165, 1.54) is 0 Å². The Bertz CT molecular complexity index is 497. The van der Waals surface area contributed by atoms with Crippen molar-refractivity contribution in [3.05, 3.63) is 24.3 Å². The number of pyridine rings is 1. The van der Waals surface area contributed by atoms with Crippen LogP contribution < -0.4 is 5.73 Å². The zero-order valence-corrected chi connectivity index (χ0v) is 10.7. The lowest BCUT2D eigenvalue weighted by atomic mass is 10.1. The number of nitrogens with two attached hydrogens (primary N) is 1. The van der Waals surface area contributed by atoms with Gasteiger partial charge < -0.3 is 10.3 Å². The summed E-state index contributed by atoms with van der Waals surface area (Å²) in [5.74, 6) is 1.41. The summed E-state index contributed by atoms with van der Waals surface area (Å²) < 4.78 is 2.28. The van der Waals surface area contributed by atoms with E-state index in [0.717, 1.165) is 23.3 Å². The minimum atomic E-state index is 0.324. The van der Waals surface area contributed by atoms with E-state index in [9.17, 15) is 0 Å². The molecule has 1 atom stereocenters. The van der Waals surface area contributed by atoms with Crippen molar-refractivity contribution in [2.75, 3.05) is 6.54 Å². The molecule has 4 heteroatoms. The second kappa shape index (κ2) is 4.84. The smallest absolute Gasteiger partial charge is 0.114 e. The Morgan fingerprint density at radius 3 is 2.76 bits per heavy atom. The highest BCUT2D eigenvalue weighted by Gasteiger charge is 2.19. The third-order valence-corrected chi connectivity index (χ3v) is 3.18. The van der Waals surface area contributed by atoms with Gasteiger partial charge in [0.25, 0.3) is 0 Å². The van der Waals surface area contributed by atoms with Gasteiger partial charge in [-0.2, -0.15) is 0 Å². The second-order valence-electron chi connectivity index (χ2n) is 4.64. The molecule has 17 heavy (non-hydrogen) atoms. The molecule has 0 saturated heterocycles. The van der Waals surface area contributed by atoms with Gasteiger partial charge in [0.15, 0.2) is 0 Å². The minimum Gasteiger partial charge on any atom is -0.330 e. The van der Waals surface area contributed by atoms with E-state index in [2.05, 4.69) is 30.3 Å². The van der Waals surface area contributed by atoms with Crippen molar-refractivity contribution in [1.82, 2.24) is 14.5 Å². The van der Waals surface area contributed by atoms with Gasteiger partial charge in [-0.05, 0) is 26.3 Å². The summed E-state index contributed by atoms with van der Waals surface area (Å²) in [6.45, 7) is 7.14. The molecule has 0 fully saturated rings. The molecule has 0 spiro atoms. The van der Waals surface area contributed by atoms with Gasteiger partial charge >= 0.3 is 0 Å². The van der Waals surface area contributed by atoms with Gasteiger partial charge in [-0.25, -0.2) is 4.98 Å². The Hall–Kier alpha value is -1.42. The van der Waals surface area contributed by atoms with Crippen LogP contribution in [0.25, 0.3) is 11.0 Å². The Morgan fingerprint density at radius 1 is 1.41 bits per heavy atom. The lowest BCUT2D eigenvalue weighted by Gasteiger charge is -2.18. The van der Waals surface area contributed by atoms with Gasteiger partial charge in [0.1, 0.15) is 11.3 Å². The number of hydrogen-bond acceptors (Lipinski definition) is 3. The maximum Gasteiger partial charge on any atom is 0.114 e. The number of fused-ring (bicyclic) bond motifs is 1. The first kappa shape index (κ1) is 12.0. The van der Waals surface area contributed by atoms with Crippen LogP contribution >= 0.6 is 0 Å². The van der Waals surface area contributed by atoms with Crippen LogP contribution in [0.3, 0.4) is 0 Å². The molecule has 2 heterocycles. The molecule has 1 unspecified atom stereocenters. The van der Waals surface area contributed by atoms with Crippen molar-refractivity contribution in [1.29, 1.82) is 0 Å². The van der Waals surface area contributed by atoms with E-state index in [1.807, 2.05) is 18.5 Å². The lowest BCUT2D eigenvalue weighted by molar-refractivity contribution is 0.530. The molecule has 0 radical (unpaired) electrons. The van der Waals surface area contributed by atoms with Crippen molar-refractivity contribution < 1.29 is 0 Å². The van der Waals surface area contributed by atoms with Crippen molar-refractivity contribution in [2.24, 2.45) is 5.73 Å². The van der Waals surface area contributed by atoms with Gasteiger partial charge in [0.05, 0.1) is 11.7 Å². The molecular weight excluding hydrogens is 212 g/mol. The van der Waals surface area contributed by atoms with E-state index in [0.29, 0.717) is 18.5 Å². The van der Waals surface area contributed by atoms with Crippen molar-refractivity contribution in [3.8, 4) is 0 Å². The predicted octanol–water partition coefficient (Wildman–Crippen LogP) is 2.46. The molecule has 0 aliphatic rings. The van der Waals surface area contributed by atoms with E-state index in [1.54, 1.807) is 0 Å². The summed E-state index contributed by atoms with van der Waals surface area (Å²) in [6.07, 6.45) is 4.65. The number of nitrogens with zero attached hydrogens (tertiary/aromatic N) is 3. The number of imidazole rings is 1. The van der Waals surface area contributed by atoms with Gasteiger partial charge in [0, 0.05) is 24.7 Å². The fraction of sp³-hybridized carbons (Fsp3) is 0.538. The first-order valence-electron chi connectivity index (χ1n) is 6.20. The molecule has 4 nitrogen and oxygen atoms in total. The molecule has 0 saturated carbocycles. The van der Waals surface area contributed by atoms with Crippen LogP contribution in [0, 0.1) is 0 Å². The predicted molar refractivity (Wildman–Crippen MR) is 70.0 cm³/mol. The first-order valence-corrected chi connectivity index (χ1v) is 6.20. The maximum atomic E-state index is 5.84. The Labute approximate surface area is 102 Å². The van der Waals surface area contributed by atoms with Gasteiger partial charge in [-0.15, -0.1) is 0 Å². The van der Waals surface area contributed by atoms with Crippen LogP contribution in [-0.2, 0) is 0 Å². The lowest BCUT2D eigenvalue weighted by Crippen LogP contribution is -2.17.